The molecular formula is C15H21O3. The second-order valence-electron chi connectivity index (χ2n) is 6.71. The van der Waals surface area contributed by atoms with E-state index in [4.69, 9.17) is 0 Å². The summed E-state index contributed by atoms with van der Waals surface area (Å²) in [4.78, 5) is 11.1. The van der Waals surface area contributed by atoms with Crippen LogP contribution in [0.25, 0.3) is 0 Å². The maximum atomic E-state index is 11.1. The minimum absolute atomic E-state index is 0.132. The zero-order valence-corrected chi connectivity index (χ0v) is 11.9. The summed E-state index contributed by atoms with van der Waals surface area (Å²) in [6.45, 7) is 11.8. The predicted octanol–water partition coefficient (Wildman–Crippen LogP) is 3.56. The maximum absolute atomic E-state index is 11.1. The Labute approximate surface area is 108 Å². The summed E-state index contributed by atoms with van der Waals surface area (Å²) in [6, 6.07) is 3.38. The average molecular weight is 249 g/mol. The SMILES string of the molecule is CC(C)(C)c1cc(C([O])=O)c(O)c(C(C)(C)C)c1. The van der Waals surface area contributed by atoms with Crippen LogP contribution in [0, 0.1) is 0 Å². The first-order valence-corrected chi connectivity index (χ1v) is 6.04. The monoisotopic (exact) mass is 249 g/mol. The lowest BCUT2D eigenvalue weighted by atomic mass is 9.79. The fourth-order valence-corrected chi connectivity index (χ4v) is 1.79. The molecule has 0 saturated carbocycles. The van der Waals surface area contributed by atoms with E-state index in [1.807, 2.05) is 47.6 Å². The third-order valence-electron chi connectivity index (χ3n) is 3.00. The molecule has 0 fully saturated rings. The second-order valence-corrected chi connectivity index (χ2v) is 6.71. The van der Waals surface area contributed by atoms with Crippen LogP contribution in [-0.2, 0) is 15.9 Å². The van der Waals surface area contributed by atoms with Gasteiger partial charge in [0.1, 0.15) is 11.3 Å². The van der Waals surface area contributed by atoms with Crippen LogP contribution in [-0.4, -0.2) is 11.1 Å². The summed E-state index contributed by atoms with van der Waals surface area (Å²) in [5.41, 5.74) is 0.874. The molecule has 0 aliphatic heterocycles. The van der Waals surface area contributed by atoms with Crippen molar-refractivity contribution in [1.82, 2.24) is 0 Å². The van der Waals surface area contributed by atoms with Gasteiger partial charge >= 0.3 is 5.97 Å². The molecule has 1 rings (SSSR count). The van der Waals surface area contributed by atoms with Gasteiger partial charge in [-0.3, -0.25) is 0 Å². The Kier molecular flexibility index (Phi) is 3.48. The van der Waals surface area contributed by atoms with Crippen molar-refractivity contribution >= 4 is 5.97 Å². The molecule has 99 valence electrons. The quantitative estimate of drug-likeness (QED) is 0.827. The molecule has 0 aliphatic carbocycles. The van der Waals surface area contributed by atoms with Crippen molar-refractivity contribution in [3.63, 3.8) is 0 Å². The molecule has 0 heterocycles. The van der Waals surface area contributed by atoms with Crippen LogP contribution in [0.3, 0.4) is 0 Å². The highest BCUT2D eigenvalue weighted by Gasteiger charge is 2.27. The summed E-state index contributed by atoms with van der Waals surface area (Å²) in [5, 5.41) is 21.2. The molecule has 0 atom stereocenters. The van der Waals surface area contributed by atoms with Gasteiger partial charge < -0.3 is 5.11 Å². The number of carbonyl (C=O) groups is 1. The van der Waals surface area contributed by atoms with Crippen molar-refractivity contribution in [2.75, 3.05) is 0 Å². The zero-order valence-electron chi connectivity index (χ0n) is 11.9. The molecule has 1 aromatic carbocycles. The minimum atomic E-state index is -1.34. The van der Waals surface area contributed by atoms with Gasteiger partial charge in [-0.05, 0) is 22.5 Å². The molecule has 1 aromatic rings. The molecule has 1 N–H and O–H groups in total. The molecule has 0 aliphatic rings. The van der Waals surface area contributed by atoms with E-state index < -0.39 is 5.97 Å². The van der Waals surface area contributed by atoms with Crippen LogP contribution >= 0.6 is 0 Å². The van der Waals surface area contributed by atoms with Crippen LogP contribution < -0.4 is 0 Å². The van der Waals surface area contributed by atoms with Crippen LogP contribution in [0.5, 0.6) is 5.75 Å². The van der Waals surface area contributed by atoms with Crippen LogP contribution in [0.4, 0.5) is 0 Å². The van der Waals surface area contributed by atoms with Crippen molar-refractivity contribution in [3.8, 4) is 5.75 Å². The van der Waals surface area contributed by atoms with Gasteiger partial charge in [0.15, 0.2) is 0 Å². The summed E-state index contributed by atoms with van der Waals surface area (Å²) >= 11 is 0. The zero-order chi connectivity index (χ0) is 14.3. The van der Waals surface area contributed by atoms with E-state index in [1.165, 1.54) is 6.07 Å². The Bertz CT molecular complexity index is 474. The van der Waals surface area contributed by atoms with Gasteiger partial charge in [0.2, 0.25) is 0 Å². The van der Waals surface area contributed by atoms with Crippen LogP contribution in [0.15, 0.2) is 12.1 Å². The van der Waals surface area contributed by atoms with E-state index in [2.05, 4.69) is 0 Å². The maximum Gasteiger partial charge on any atom is 0.390 e. The Morgan fingerprint density at radius 1 is 1.00 bits per heavy atom. The van der Waals surface area contributed by atoms with Crippen molar-refractivity contribution in [1.29, 1.82) is 0 Å². The van der Waals surface area contributed by atoms with E-state index in [0.29, 0.717) is 5.56 Å². The van der Waals surface area contributed by atoms with Crippen molar-refractivity contribution in [3.05, 3.63) is 28.8 Å². The second kappa shape index (κ2) is 4.30. The Morgan fingerprint density at radius 2 is 1.50 bits per heavy atom. The molecule has 0 bridgehead atoms. The molecule has 0 spiro atoms. The molecule has 3 heteroatoms. The third kappa shape index (κ3) is 2.84. The molecule has 0 unspecified atom stereocenters. The first-order chi connectivity index (χ1) is 7.94. The lowest BCUT2D eigenvalue weighted by Gasteiger charge is -2.26. The van der Waals surface area contributed by atoms with E-state index in [-0.39, 0.29) is 22.1 Å². The summed E-state index contributed by atoms with van der Waals surface area (Å²) in [5.74, 6) is -1.53. The third-order valence-corrected chi connectivity index (χ3v) is 3.00. The molecule has 1 radical (unpaired) electrons. The van der Waals surface area contributed by atoms with Crippen molar-refractivity contribution in [2.45, 2.75) is 52.4 Å². The van der Waals surface area contributed by atoms with Crippen molar-refractivity contribution in [2.24, 2.45) is 0 Å². The number of hydrogen-bond donors (Lipinski definition) is 1. The molecule has 0 amide bonds. The Balaban J connectivity index is 3.63. The standard InChI is InChI=1S/C15H21O3/c1-14(2,3)9-7-10(13(17)18)12(16)11(8-9)15(4,5)6/h7-8,16H,1-6H3. The van der Waals surface area contributed by atoms with E-state index in [9.17, 15) is 15.0 Å². The topological polar surface area (TPSA) is 57.2 Å². The highest BCUT2D eigenvalue weighted by molar-refractivity contribution is 5.91. The molecule has 0 aromatic heterocycles. The molecule has 0 saturated heterocycles. The Hall–Kier alpha value is -1.51. The summed E-state index contributed by atoms with van der Waals surface area (Å²) in [7, 11) is 0. The number of phenolic OH excluding ortho intramolecular Hbond substituents is 1. The van der Waals surface area contributed by atoms with E-state index in [0.717, 1.165) is 5.56 Å². The largest absolute Gasteiger partial charge is 0.507 e. The fourth-order valence-electron chi connectivity index (χ4n) is 1.79. The fraction of sp³-hybridized carbons (Fsp3) is 0.533. The average Bonchev–Trinajstić information content (AvgIpc) is 2.13. The van der Waals surface area contributed by atoms with Gasteiger partial charge in [-0.1, -0.05) is 47.6 Å². The number of carbonyl (C=O) groups excluding carboxylic acids is 1. The predicted molar refractivity (Wildman–Crippen MR) is 70.5 cm³/mol. The van der Waals surface area contributed by atoms with Gasteiger partial charge in [0.25, 0.3) is 0 Å². The first-order valence-electron chi connectivity index (χ1n) is 6.04. The molecular weight excluding hydrogens is 228 g/mol. The lowest BCUT2D eigenvalue weighted by Crippen LogP contribution is -2.18. The summed E-state index contributed by atoms with van der Waals surface area (Å²) in [6.07, 6.45) is 0. The van der Waals surface area contributed by atoms with E-state index in [1.54, 1.807) is 0 Å². The van der Waals surface area contributed by atoms with Gasteiger partial charge in [-0.25, -0.2) is 9.90 Å². The number of rotatable bonds is 1. The highest BCUT2D eigenvalue weighted by Crippen LogP contribution is 2.37. The van der Waals surface area contributed by atoms with E-state index >= 15 is 0 Å². The Morgan fingerprint density at radius 3 is 1.83 bits per heavy atom. The van der Waals surface area contributed by atoms with Gasteiger partial charge in [-0.15, -0.1) is 0 Å². The number of aromatic hydroxyl groups is 1. The van der Waals surface area contributed by atoms with Crippen LogP contribution in [0.1, 0.15) is 63.0 Å². The number of hydrogen-bond acceptors (Lipinski definition) is 2. The summed E-state index contributed by atoms with van der Waals surface area (Å²) < 4.78 is 0. The minimum Gasteiger partial charge on any atom is -0.507 e. The normalized spacial score (nSPS) is 12.6. The lowest BCUT2D eigenvalue weighted by molar-refractivity contribution is 0.0569. The molecule has 18 heavy (non-hydrogen) atoms. The highest BCUT2D eigenvalue weighted by atomic mass is 16.4. The first kappa shape index (κ1) is 14.6. The number of benzene rings is 1. The van der Waals surface area contributed by atoms with Gasteiger partial charge in [-0.2, -0.15) is 0 Å². The van der Waals surface area contributed by atoms with Gasteiger partial charge in [0.05, 0.1) is 0 Å². The van der Waals surface area contributed by atoms with Crippen molar-refractivity contribution < 1.29 is 15.0 Å². The number of phenols is 1. The molecule has 3 nitrogen and oxygen atoms in total. The smallest absolute Gasteiger partial charge is 0.390 e. The van der Waals surface area contributed by atoms with Gasteiger partial charge in [0, 0.05) is 5.56 Å². The van der Waals surface area contributed by atoms with Crippen LogP contribution in [0.2, 0.25) is 0 Å².